The molecule has 0 unspecified atom stereocenters. The molecule has 1 heterocycles. The monoisotopic (exact) mass is 186 g/mol. The molecule has 12 heavy (non-hydrogen) atoms. The van der Waals surface area contributed by atoms with Gasteiger partial charge in [-0.1, -0.05) is 0 Å². The van der Waals surface area contributed by atoms with Crippen molar-refractivity contribution in [1.82, 2.24) is 14.7 Å². The molecule has 0 bridgehead atoms. The molecule has 5 heteroatoms. The van der Waals surface area contributed by atoms with Crippen molar-refractivity contribution >= 4 is 16.7 Å². The number of likely N-dealkylation sites (N-methyl/N-ethyl adjacent to an activating group) is 1. The van der Waals surface area contributed by atoms with Crippen molar-refractivity contribution in [2.24, 2.45) is 0 Å². The van der Waals surface area contributed by atoms with Crippen LogP contribution in [-0.4, -0.2) is 28.5 Å². The Kier molecular flexibility index (Phi) is 2.99. The maximum atomic E-state index is 4.02. The van der Waals surface area contributed by atoms with Gasteiger partial charge in [-0.05, 0) is 20.9 Å². The van der Waals surface area contributed by atoms with E-state index in [2.05, 4.69) is 33.8 Å². The fourth-order valence-electron chi connectivity index (χ4n) is 0.636. The van der Waals surface area contributed by atoms with Gasteiger partial charge in [0.25, 0.3) is 0 Å². The van der Waals surface area contributed by atoms with E-state index in [-0.39, 0.29) is 5.54 Å². The average Bonchev–Trinajstić information content (AvgIpc) is 2.53. The standard InChI is InChI=1S/C7H14N4S/c1-7(2,8-3)4-9-6-10-5-11-12-6/h5,8H,4H2,1-3H3,(H,9,10,11). The second kappa shape index (κ2) is 3.82. The summed E-state index contributed by atoms with van der Waals surface area (Å²) in [7, 11) is 1.95. The highest BCUT2D eigenvalue weighted by molar-refractivity contribution is 7.09. The lowest BCUT2D eigenvalue weighted by atomic mass is 10.1. The van der Waals surface area contributed by atoms with Crippen LogP contribution in [0.2, 0.25) is 0 Å². The smallest absolute Gasteiger partial charge is 0.202 e. The Hall–Kier alpha value is -0.680. The molecule has 0 saturated carbocycles. The van der Waals surface area contributed by atoms with Gasteiger partial charge in [-0.3, -0.25) is 0 Å². The Labute approximate surface area is 76.6 Å². The van der Waals surface area contributed by atoms with Crippen LogP contribution >= 0.6 is 11.5 Å². The minimum Gasteiger partial charge on any atom is -0.358 e. The van der Waals surface area contributed by atoms with E-state index in [0.717, 1.165) is 11.7 Å². The van der Waals surface area contributed by atoms with E-state index in [1.54, 1.807) is 6.33 Å². The van der Waals surface area contributed by atoms with Crippen LogP contribution in [0.15, 0.2) is 6.33 Å². The fourth-order valence-corrected chi connectivity index (χ4v) is 1.06. The van der Waals surface area contributed by atoms with Gasteiger partial charge in [-0.15, -0.1) is 0 Å². The highest BCUT2D eigenvalue weighted by Gasteiger charge is 2.14. The molecule has 0 aromatic carbocycles. The van der Waals surface area contributed by atoms with Gasteiger partial charge in [-0.25, -0.2) is 4.98 Å². The third-order valence-electron chi connectivity index (χ3n) is 1.72. The number of hydrogen-bond donors (Lipinski definition) is 2. The molecule has 0 radical (unpaired) electrons. The van der Waals surface area contributed by atoms with Gasteiger partial charge >= 0.3 is 0 Å². The number of hydrogen-bond acceptors (Lipinski definition) is 5. The maximum Gasteiger partial charge on any atom is 0.202 e. The van der Waals surface area contributed by atoms with Crippen LogP contribution in [0.3, 0.4) is 0 Å². The summed E-state index contributed by atoms with van der Waals surface area (Å²) in [6.07, 6.45) is 1.55. The minimum absolute atomic E-state index is 0.0890. The molecule has 2 N–H and O–H groups in total. The lowest BCUT2D eigenvalue weighted by Crippen LogP contribution is -2.42. The highest BCUT2D eigenvalue weighted by atomic mass is 32.1. The number of rotatable bonds is 4. The third-order valence-corrected chi connectivity index (χ3v) is 2.34. The Morgan fingerprint density at radius 3 is 2.83 bits per heavy atom. The first kappa shape index (κ1) is 9.41. The van der Waals surface area contributed by atoms with Gasteiger partial charge in [0.1, 0.15) is 6.33 Å². The van der Waals surface area contributed by atoms with E-state index >= 15 is 0 Å². The summed E-state index contributed by atoms with van der Waals surface area (Å²) in [5, 5.41) is 7.27. The number of aromatic nitrogens is 2. The van der Waals surface area contributed by atoms with Gasteiger partial charge in [0.15, 0.2) is 0 Å². The molecule has 0 atom stereocenters. The SMILES string of the molecule is CNC(C)(C)CNc1ncns1. The summed E-state index contributed by atoms with van der Waals surface area (Å²) in [4.78, 5) is 4.02. The lowest BCUT2D eigenvalue weighted by molar-refractivity contribution is 0.448. The van der Waals surface area contributed by atoms with Crippen molar-refractivity contribution in [3.63, 3.8) is 0 Å². The molecule has 0 amide bonds. The average molecular weight is 186 g/mol. The molecule has 1 aromatic rings. The van der Waals surface area contributed by atoms with E-state index in [9.17, 15) is 0 Å². The molecular formula is C7H14N4S. The molecule has 0 fully saturated rings. The predicted molar refractivity (Wildman–Crippen MR) is 51.5 cm³/mol. The van der Waals surface area contributed by atoms with Gasteiger partial charge < -0.3 is 10.6 Å². The van der Waals surface area contributed by atoms with E-state index in [0.29, 0.717) is 0 Å². The van der Waals surface area contributed by atoms with E-state index < -0.39 is 0 Å². The van der Waals surface area contributed by atoms with Crippen molar-refractivity contribution in [1.29, 1.82) is 0 Å². The van der Waals surface area contributed by atoms with Crippen LogP contribution in [-0.2, 0) is 0 Å². The first-order chi connectivity index (χ1) is 5.64. The van der Waals surface area contributed by atoms with Crippen LogP contribution < -0.4 is 10.6 Å². The summed E-state index contributed by atoms with van der Waals surface area (Å²) in [6, 6.07) is 0. The zero-order chi connectivity index (χ0) is 9.03. The van der Waals surface area contributed by atoms with Crippen LogP contribution in [0.25, 0.3) is 0 Å². The molecule has 1 aromatic heterocycles. The molecule has 68 valence electrons. The Balaban J connectivity index is 2.36. The summed E-state index contributed by atoms with van der Waals surface area (Å²) in [5.74, 6) is 0. The Morgan fingerprint density at radius 2 is 2.33 bits per heavy atom. The molecule has 1 rings (SSSR count). The Morgan fingerprint density at radius 1 is 1.58 bits per heavy atom. The van der Waals surface area contributed by atoms with E-state index in [1.165, 1.54) is 11.5 Å². The second-order valence-corrected chi connectivity index (χ2v) is 4.01. The van der Waals surface area contributed by atoms with Gasteiger partial charge in [0, 0.05) is 23.6 Å². The Bertz CT molecular complexity index is 219. The van der Waals surface area contributed by atoms with Crippen LogP contribution in [0.5, 0.6) is 0 Å². The molecule has 0 saturated heterocycles. The van der Waals surface area contributed by atoms with Gasteiger partial charge in [0.2, 0.25) is 5.13 Å². The normalized spacial score (nSPS) is 11.6. The van der Waals surface area contributed by atoms with Crippen molar-refractivity contribution in [3.05, 3.63) is 6.33 Å². The van der Waals surface area contributed by atoms with E-state index in [4.69, 9.17) is 0 Å². The highest BCUT2D eigenvalue weighted by Crippen LogP contribution is 2.08. The maximum absolute atomic E-state index is 4.02. The first-order valence-corrected chi connectivity index (χ1v) is 4.61. The number of anilines is 1. The van der Waals surface area contributed by atoms with Crippen molar-refractivity contribution in [2.45, 2.75) is 19.4 Å². The summed E-state index contributed by atoms with van der Waals surface area (Å²) < 4.78 is 3.90. The van der Waals surface area contributed by atoms with Crippen molar-refractivity contribution in [2.75, 3.05) is 18.9 Å². The third kappa shape index (κ3) is 2.75. The van der Waals surface area contributed by atoms with Crippen LogP contribution in [0, 0.1) is 0 Å². The minimum atomic E-state index is 0.0890. The number of nitrogens with zero attached hydrogens (tertiary/aromatic N) is 2. The number of nitrogens with one attached hydrogen (secondary N) is 2. The molecule has 0 spiro atoms. The van der Waals surface area contributed by atoms with Gasteiger partial charge in [-0.2, -0.15) is 4.37 Å². The van der Waals surface area contributed by atoms with E-state index in [1.807, 2.05) is 7.05 Å². The largest absolute Gasteiger partial charge is 0.358 e. The topological polar surface area (TPSA) is 49.8 Å². The zero-order valence-electron chi connectivity index (χ0n) is 7.59. The van der Waals surface area contributed by atoms with Crippen molar-refractivity contribution in [3.8, 4) is 0 Å². The molecule has 0 aliphatic rings. The molecule has 0 aliphatic heterocycles. The molecular weight excluding hydrogens is 172 g/mol. The van der Waals surface area contributed by atoms with Crippen LogP contribution in [0.4, 0.5) is 5.13 Å². The summed E-state index contributed by atoms with van der Waals surface area (Å²) >= 11 is 1.37. The first-order valence-electron chi connectivity index (χ1n) is 3.83. The van der Waals surface area contributed by atoms with Gasteiger partial charge in [0.05, 0.1) is 0 Å². The van der Waals surface area contributed by atoms with Crippen LogP contribution in [0.1, 0.15) is 13.8 Å². The summed E-state index contributed by atoms with van der Waals surface area (Å²) in [5.41, 5.74) is 0.0890. The second-order valence-electron chi connectivity index (χ2n) is 3.23. The van der Waals surface area contributed by atoms with Crippen molar-refractivity contribution < 1.29 is 0 Å². The zero-order valence-corrected chi connectivity index (χ0v) is 8.40. The summed E-state index contributed by atoms with van der Waals surface area (Å²) in [6.45, 7) is 5.10. The predicted octanol–water partition coefficient (Wildman–Crippen LogP) is 0.948. The lowest BCUT2D eigenvalue weighted by Gasteiger charge is -2.23. The molecule has 0 aliphatic carbocycles. The molecule has 4 nitrogen and oxygen atoms in total. The quantitative estimate of drug-likeness (QED) is 0.735. The fraction of sp³-hybridized carbons (Fsp3) is 0.714.